The molecule has 0 aliphatic heterocycles. The molecule has 114 valence electrons. The smallest absolute Gasteiger partial charge is 0.120 e. The van der Waals surface area contributed by atoms with Crippen LogP contribution >= 0.6 is 0 Å². The van der Waals surface area contributed by atoms with Crippen molar-refractivity contribution in [2.75, 3.05) is 6.61 Å². The second kappa shape index (κ2) is 6.83. The molecule has 1 nitrogen and oxygen atoms in total. The molecule has 3 rings (SSSR count). The summed E-state index contributed by atoms with van der Waals surface area (Å²) in [4.78, 5) is 0. The lowest BCUT2D eigenvalue weighted by Gasteiger charge is -2.27. The second-order valence-corrected chi connectivity index (χ2v) is 6.22. The standard InChI is InChI=1S/C21H24O/c1-3-13-22-21-12-11-19-14-18(9-10-20(19)15-21)17-7-5-16(4-2)6-8-17/h3-4,9-12,14-17H,1-2,5-8,13H2. The van der Waals surface area contributed by atoms with E-state index in [1.165, 1.54) is 42.0 Å². The van der Waals surface area contributed by atoms with Crippen LogP contribution in [0.25, 0.3) is 10.8 Å². The number of hydrogen-bond donors (Lipinski definition) is 0. The molecule has 22 heavy (non-hydrogen) atoms. The number of benzene rings is 2. The first-order valence-electron chi connectivity index (χ1n) is 8.20. The van der Waals surface area contributed by atoms with Crippen molar-refractivity contribution in [3.05, 3.63) is 67.3 Å². The Labute approximate surface area is 133 Å². The SMILES string of the molecule is C=CCOc1ccc2cc(C3CCC(C=C)CC3)ccc2c1. The van der Waals surface area contributed by atoms with Gasteiger partial charge in [0.1, 0.15) is 12.4 Å². The average molecular weight is 292 g/mol. The molecule has 0 N–H and O–H groups in total. The molecule has 1 fully saturated rings. The quantitative estimate of drug-likeness (QED) is 0.627. The molecule has 0 heterocycles. The van der Waals surface area contributed by atoms with Crippen LogP contribution in [0.15, 0.2) is 61.7 Å². The molecule has 0 aromatic heterocycles. The molecule has 2 aromatic rings. The molecule has 0 bridgehead atoms. The topological polar surface area (TPSA) is 9.23 Å². The van der Waals surface area contributed by atoms with Crippen molar-refractivity contribution in [1.82, 2.24) is 0 Å². The van der Waals surface area contributed by atoms with Gasteiger partial charge in [-0.1, -0.05) is 43.0 Å². The third-order valence-corrected chi connectivity index (χ3v) is 4.78. The third-order valence-electron chi connectivity index (χ3n) is 4.78. The fraction of sp³-hybridized carbons (Fsp3) is 0.333. The summed E-state index contributed by atoms with van der Waals surface area (Å²) in [6.07, 6.45) is 9.01. The Morgan fingerprint density at radius 3 is 2.41 bits per heavy atom. The van der Waals surface area contributed by atoms with Gasteiger partial charge in [0.05, 0.1) is 0 Å². The second-order valence-electron chi connectivity index (χ2n) is 6.22. The largest absolute Gasteiger partial charge is 0.490 e. The highest BCUT2D eigenvalue weighted by Crippen LogP contribution is 2.37. The van der Waals surface area contributed by atoms with Crippen LogP contribution < -0.4 is 4.74 Å². The van der Waals surface area contributed by atoms with Gasteiger partial charge in [-0.05, 0) is 66.0 Å². The summed E-state index contributed by atoms with van der Waals surface area (Å²) >= 11 is 0. The lowest BCUT2D eigenvalue weighted by Crippen LogP contribution is -2.11. The molecule has 0 saturated heterocycles. The monoisotopic (exact) mass is 292 g/mol. The average Bonchev–Trinajstić information content (AvgIpc) is 2.59. The predicted octanol–water partition coefficient (Wildman–Crippen LogP) is 5.86. The summed E-state index contributed by atoms with van der Waals surface area (Å²) in [7, 11) is 0. The first-order valence-corrected chi connectivity index (χ1v) is 8.20. The van der Waals surface area contributed by atoms with Crippen molar-refractivity contribution in [3.63, 3.8) is 0 Å². The molecule has 1 heteroatoms. The van der Waals surface area contributed by atoms with Crippen LogP contribution in [0.5, 0.6) is 5.75 Å². The highest BCUT2D eigenvalue weighted by Gasteiger charge is 2.20. The Hall–Kier alpha value is -2.02. The molecular formula is C21H24O. The molecular weight excluding hydrogens is 268 g/mol. The lowest BCUT2D eigenvalue weighted by atomic mass is 9.78. The number of fused-ring (bicyclic) bond motifs is 1. The van der Waals surface area contributed by atoms with E-state index in [0.29, 0.717) is 12.5 Å². The zero-order valence-corrected chi connectivity index (χ0v) is 13.1. The molecule has 0 spiro atoms. The zero-order valence-electron chi connectivity index (χ0n) is 13.1. The van der Waals surface area contributed by atoms with Crippen molar-refractivity contribution >= 4 is 10.8 Å². The lowest BCUT2D eigenvalue weighted by molar-refractivity contribution is 0.364. The molecule has 0 atom stereocenters. The third kappa shape index (κ3) is 3.24. The van der Waals surface area contributed by atoms with Crippen LogP contribution in [0.1, 0.15) is 37.2 Å². The predicted molar refractivity (Wildman–Crippen MR) is 94.5 cm³/mol. The molecule has 0 unspecified atom stereocenters. The minimum absolute atomic E-state index is 0.552. The van der Waals surface area contributed by atoms with E-state index >= 15 is 0 Å². The maximum Gasteiger partial charge on any atom is 0.120 e. The van der Waals surface area contributed by atoms with Crippen molar-refractivity contribution in [1.29, 1.82) is 0 Å². The molecule has 1 aliphatic rings. The fourth-order valence-corrected chi connectivity index (χ4v) is 3.43. The summed E-state index contributed by atoms with van der Waals surface area (Å²) < 4.78 is 5.61. The summed E-state index contributed by atoms with van der Waals surface area (Å²) in [5.41, 5.74) is 1.48. The van der Waals surface area contributed by atoms with E-state index in [2.05, 4.69) is 49.6 Å². The summed E-state index contributed by atoms with van der Waals surface area (Å²) in [5.74, 6) is 2.34. The highest BCUT2D eigenvalue weighted by atomic mass is 16.5. The van der Waals surface area contributed by atoms with Gasteiger partial charge < -0.3 is 4.74 Å². The van der Waals surface area contributed by atoms with Gasteiger partial charge in [-0.25, -0.2) is 0 Å². The minimum atomic E-state index is 0.552. The first-order chi connectivity index (χ1) is 10.8. The summed E-state index contributed by atoms with van der Waals surface area (Å²) in [6.45, 7) is 8.17. The van der Waals surface area contributed by atoms with Crippen LogP contribution in [0.2, 0.25) is 0 Å². The van der Waals surface area contributed by atoms with E-state index in [9.17, 15) is 0 Å². The van der Waals surface area contributed by atoms with E-state index in [1.54, 1.807) is 6.08 Å². The van der Waals surface area contributed by atoms with Gasteiger partial charge >= 0.3 is 0 Å². The maximum atomic E-state index is 5.61. The van der Waals surface area contributed by atoms with Crippen LogP contribution in [-0.2, 0) is 0 Å². The number of ether oxygens (including phenoxy) is 1. The zero-order chi connectivity index (χ0) is 15.4. The minimum Gasteiger partial charge on any atom is -0.490 e. The highest BCUT2D eigenvalue weighted by molar-refractivity contribution is 5.84. The fourth-order valence-electron chi connectivity index (χ4n) is 3.43. The van der Waals surface area contributed by atoms with E-state index in [1.807, 2.05) is 6.07 Å². The van der Waals surface area contributed by atoms with Crippen molar-refractivity contribution in [3.8, 4) is 5.75 Å². The van der Waals surface area contributed by atoms with E-state index in [0.717, 1.165) is 11.7 Å². The van der Waals surface area contributed by atoms with E-state index in [-0.39, 0.29) is 0 Å². The molecule has 1 aliphatic carbocycles. The maximum absolute atomic E-state index is 5.61. The van der Waals surface area contributed by atoms with Gasteiger partial charge in [0, 0.05) is 0 Å². The molecule has 0 amide bonds. The van der Waals surface area contributed by atoms with Gasteiger partial charge in [0.15, 0.2) is 0 Å². The first kappa shape index (κ1) is 14.9. The number of hydrogen-bond acceptors (Lipinski definition) is 1. The normalized spacial score (nSPS) is 21.5. The van der Waals surface area contributed by atoms with E-state index in [4.69, 9.17) is 4.74 Å². The van der Waals surface area contributed by atoms with Gasteiger partial charge in [-0.3, -0.25) is 0 Å². The molecule has 1 saturated carbocycles. The van der Waals surface area contributed by atoms with Crippen LogP contribution in [0, 0.1) is 5.92 Å². The van der Waals surface area contributed by atoms with Gasteiger partial charge in [-0.15, -0.1) is 6.58 Å². The van der Waals surface area contributed by atoms with Crippen molar-refractivity contribution < 1.29 is 4.74 Å². The van der Waals surface area contributed by atoms with Gasteiger partial charge in [0.25, 0.3) is 0 Å². The Kier molecular flexibility index (Phi) is 4.62. The number of allylic oxidation sites excluding steroid dienone is 1. The molecule has 2 aromatic carbocycles. The van der Waals surface area contributed by atoms with Crippen molar-refractivity contribution in [2.24, 2.45) is 5.92 Å². The Morgan fingerprint density at radius 2 is 1.68 bits per heavy atom. The van der Waals surface area contributed by atoms with Crippen LogP contribution in [0.4, 0.5) is 0 Å². The van der Waals surface area contributed by atoms with Crippen LogP contribution in [0.3, 0.4) is 0 Å². The van der Waals surface area contributed by atoms with Gasteiger partial charge in [0.2, 0.25) is 0 Å². The summed E-state index contributed by atoms with van der Waals surface area (Å²) in [6, 6.07) is 13.2. The summed E-state index contributed by atoms with van der Waals surface area (Å²) in [5, 5.41) is 2.54. The Bertz CT molecular complexity index is 663. The van der Waals surface area contributed by atoms with E-state index < -0.39 is 0 Å². The van der Waals surface area contributed by atoms with Gasteiger partial charge in [-0.2, -0.15) is 0 Å². The number of rotatable bonds is 5. The Morgan fingerprint density at radius 1 is 0.955 bits per heavy atom. The molecule has 0 radical (unpaired) electrons. The Balaban J connectivity index is 1.78. The van der Waals surface area contributed by atoms with Crippen LogP contribution in [-0.4, -0.2) is 6.61 Å². The van der Waals surface area contributed by atoms with Crippen molar-refractivity contribution in [2.45, 2.75) is 31.6 Å².